The minimum absolute atomic E-state index is 0.0193. The van der Waals surface area contributed by atoms with Crippen LogP contribution in [0.15, 0.2) is 97.2 Å². The lowest BCUT2D eigenvalue weighted by Gasteiger charge is -2.24. The lowest BCUT2D eigenvalue weighted by atomic mass is 10.0. The average molecular weight is 834 g/mol. The Morgan fingerprint density at radius 2 is 0.983 bits per heavy atom. The molecule has 0 aliphatic heterocycles. The minimum atomic E-state index is -0.814. The molecule has 0 fully saturated rings. The molecule has 6 nitrogen and oxygen atoms in total. The molecule has 0 aliphatic carbocycles. The van der Waals surface area contributed by atoms with Crippen molar-refractivity contribution in [3.05, 3.63) is 97.2 Å². The van der Waals surface area contributed by atoms with Gasteiger partial charge >= 0.3 is 5.97 Å². The van der Waals surface area contributed by atoms with Crippen LogP contribution in [0.1, 0.15) is 207 Å². The van der Waals surface area contributed by atoms with Crippen molar-refractivity contribution in [1.82, 2.24) is 5.32 Å². The standard InChI is InChI=1S/C54H91NO5/c1-4-7-10-13-16-19-22-24-26-27-29-32-35-38-41-44-47-54(59)60-50(45-42-39-36-33-30-21-18-15-12-9-6-3)48-53(58)55-51(49-56)52(57)46-43-40-37-34-31-28-25-23-20-17-14-11-8-5-2/h7,9-10,12,15-16,18-19,21,24,26,29-30,32,38,41,50-52,56-57H,4-6,8,11,13-14,17,20,22-23,25,27-28,31,33-37,39-40,42-49H2,1-3H3,(H,55,58)/b10-7+,12-9+,18-15+,19-16+,26-24+,30-21-,32-29+,41-38+. The van der Waals surface area contributed by atoms with Gasteiger partial charge < -0.3 is 20.3 Å². The molecule has 60 heavy (non-hydrogen) atoms. The molecule has 3 atom stereocenters. The van der Waals surface area contributed by atoms with Crippen molar-refractivity contribution in [2.75, 3.05) is 6.61 Å². The van der Waals surface area contributed by atoms with E-state index in [0.717, 1.165) is 83.5 Å². The van der Waals surface area contributed by atoms with Crippen molar-refractivity contribution in [2.45, 2.75) is 225 Å². The lowest BCUT2D eigenvalue weighted by molar-refractivity contribution is -0.150. The molecular weight excluding hydrogens is 743 g/mol. The molecule has 0 aromatic heterocycles. The number of hydrogen-bond donors (Lipinski definition) is 3. The monoisotopic (exact) mass is 834 g/mol. The number of nitrogens with one attached hydrogen (secondary N) is 1. The molecule has 0 saturated carbocycles. The largest absolute Gasteiger partial charge is 0.462 e. The SMILES string of the molecule is CC/C=C/C=C/C=C\CCCCCC(CC(=O)NC(CO)C(O)CCCCCCCCCCCCCCCC)OC(=O)CC/C=C/C/C=C/C/C=C/C/C=C/C/C=C/CC. The number of allylic oxidation sites excluding steroid dienone is 16. The highest BCUT2D eigenvalue weighted by molar-refractivity contribution is 5.77. The molecule has 0 bridgehead atoms. The maximum absolute atomic E-state index is 13.2. The third-order valence-electron chi connectivity index (χ3n) is 10.5. The Morgan fingerprint density at radius 1 is 0.517 bits per heavy atom. The van der Waals surface area contributed by atoms with Gasteiger partial charge in [0.25, 0.3) is 0 Å². The van der Waals surface area contributed by atoms with Gasteiger partial charge in [0.2, 0.25) is 5.91 Å². The van der Waals surface area contributed by atoms with Crippen molar-refractivity contribution in [3.63, 3.8) is 0 Å². The average Bonchev–Trinajstić information content (AvgIpc) is 3.24. The van der Waals surface area contributed by atoms with Crippen molar-refractivity contribution < 1.29 is 24.5 Å². The molecule has 0 aliphatic rings. The van der Waals surface area contributed by atoms with Crippen molar-refractivity contribution >= 4 is 11.9 Å². The second kappa shape index (κ2) is 46.8. The zero-order valence-electron chi connectivity index (χ0n) is 38.8. The first-order valence-corrected chi connectivity index (χ1v) is 24.5. The normalized spacial score (nSPS) is 14.2. The fourth-order valence-electron chi connectivity index (χ4n) is 6.83. The second-order valence-corrected chi connectivity index (χ2v) is 16.2. The van der Waals surface area contributed by atoms with E-state index in [4.69, 9.17) is 4.74 Å². The van der Waals surface area contributed by atoms with Crippen LogP contribution < -0.4 is 5.32 Å². The molecule has 0 spiro atoms. The second-order valence-electron chi connectivity index (χ2n) is 16.2. The number of amides is 1. The molecule has 0 saturated heterocycles. The highest BCUT2D eigenvalue weighted by Gasteiger charge is 2.24. The number of ether oxygens (including phenoxy) is 1. The molecule has 0 rings (SSSR count). The molecule has 0 heterocycles. The van der Waals surface area contributed by atoms with Crippen LogP contribution in [-0.2, 0) is 14.3 Å². The molecule has 0 aromatic carbocycles. The van der Waals surface area contributed by atoms with E-state index in [1.807, 2.05) is 18.2 Å². The number of esters is 1. The summed E-state index contributed by atoms with van der Waals surface area (Å²) in [5, 5.41) is 23.7. The Morgan fingerprint density at radius 3 is 1.52 bits per heavy atom. The summed E-state index contributed by atoms with van der Waals surface area (Å²) in [5.74, 6) is -0.617. The van der Waals surface area contributed by atoms with Crippen LogP contribution >= 0.6 is 0 Å². The Balaban J connectivity index is 4.70. The van der Waals surface area contributed by atoms with Crippen LogP contribution in [0.5, 0.6) is 0 Å². The number of rotatable bonds is 42. The summed E-state index contributed by atoms with van der Waals surface area (Å²) in [5.41, 5.74) is 0. The summed E-state index contributed by atoms with van der Waals surface area (Å²) in [6.07, 6.45) is 61.9. The van der Waals surface area contributed by atoms with E-state index in [1.54, 1.807) is 0 Å². The quantitative estimate of drug-likeness (QED) is 0.0246. The summed E-state index contributed by atoms with van der Waals surface area (Å²) in [7, 11) is 0. The molecule has 3 N–H and O–H groups in total. The Hall–Kier alpha value is -3.22. The van der Waals surface area contributed by atoms with Crippen LogP contribution in [-0.4, -0.2) is 46.9 Å². The van der Waals surface area contributed by atoms with Gasteiger partial charge in [-0.1, -0.05) is 214 Å². The van der Waals surface area contributed by atoms with E-state index in [2.05, 4.69) is 105 Å². The van der Waals surface area contributed by atoms with E-state index in [1.165, 1.54) is 70.6 Å². The summed E-state index contributed by atoms with van der Waals surface area (Å²) in [6, 6.07) is -0.732. The van der Waals surface area contributed by atoms with Gasteiger partial charge in [-0.2, -0.15) is 0 Å². The maximum Gasteiger partial charge on any atom is 0.306 e. The van der Waals surface area contributed by atoms with Crippen molar-refractivity contribution in [2.24, 2.45) is 0 Å². The van der Waals surface area contributed by atoms with Gasteiger partial charge in [-0.3, -0.25) is 9.59 Å². The maximum atomic E-state index is 13.2. The summed E-state index contributed by atoms with van der Waals surface area (Å²) >= 11 is 0. The first-order chi connectivity index (χ1) is 29.5. The highest BCUT2D eigenvalue weighted by atomic mass is 16.5. The fraction of sp³-hybridized carbons (Fsp3) is 0.667. The third kappa shape index (κ3) is 41.5. The number of hydrogen-bond acceptors (Lipinski definition) is 5. The predicted octanol–water partition coefficient (Wildman–Crippen LogP) is 14.6. The molecule has 1 amide bonds. The van der Waals surface area contributed by atoms with Gasteiger partial charge in [-0.25, -0.2) is 0 Å². The lowest BCUT2D eigenvalue weighted by Crippen LogP contribution is -2.46. The number of unbranched alkanes of at least 4 members (excludes halogenated alkanes) is 16. The molecule has 6 heteroatoms. The van der Waals surface area contributed by atoms with E-state index in [0.29, 0.717) is 19.3 Å². The van der Waals surface area contributed by atoms with Gasteiger partial charge in [0.15, 0.2) is 0 Å². The van der Waals surface area contributed by atoms with Crippen LogP contribution in [0.25, 0.3) is 0 Å². The van der Waals surface area contributed by atoms with Crippen LogP contribution in [0.4, 0.5) is 0 Å². The van der Waals surface area contributed by atoms with E-state index >= 15 is 0 Å². The topological polar surface area (TPSA) is 95.9 Å². The van der Waals surface area contributed by atoms with Gasteiger partial charge in [0.05, 0.1) is 25.2 Å². The molecule has 3 unspecified atom stereocenters. The Kier molecular flexibility index (Phi) is 44.3. The van der Waals surface area contributed by atoms with E-state index in [9.17, 15) is 19.8 Å². The third-order valence-corrected chi connectivity index (χ3v) is 10.5. The van der Waals surface area contributed by atoms with Crippen molar-refractivity contribution in [3.8, 4) is 0 Å². The smallest absolute Gasteiger partial charge is 0.306 e. The zero-order valence-corrected chi connectivity index (χ0v) is 38.8. The van der Waals surface area contributed by atoms with Gasteiger partial charge in [-0.05, 0) is 77.0 Å². The van der Waals surface area contributed by atoms with Crippen molar-refractivity contribution in [1.29, 1.82) is 0 Å². The number of carbonyl (C=O) groups excluding carboxylic acids is 2. The highest BCUT2D eigenvalue weighted by Crippen LogP contribution is 2.16. The first kappa shape index (κ1) is 56.8. The van der Waals surface area contributed by atoms with Crippen LogP contribution in [0.3, 0.4) is 0 Å². The fourth-order valence-corrected chi connectivity index (χ4v) is 6.83. The first-order valence-electron chi connectivity index (χ1n) is 24.5. The molecule has 342 valence electrons. The summed E-state index contributed by atoms with van der Waals surface area (Å²) in [6.45, 7) is 6.19. The van der Waals surface area contributed by atoms with Crippen LogP contribution in [0.2, 0.25) is 0 Å². The molecule has 0 aromatic rings. The Bertz CT molecular complexity index is 1210. The van der Waals surface area contributed by atoms with Gasteiger partial charge in [-0.15, -0.1) is 0 Å². The van der Waals surface area contributed by atoms with E-state index in [-0.39, 0.29) is 31.3 Å². The van der Waals surface area contributed by atoms with Gasteiger partial charge in [0.1, 0.15) is 6.10 Å². The number of aliphatic hydroxyl groups is 2. The Labute approximate surface area is 369 Å². The molecule has 0 radical (unpaired) electrons. The van der Waals surface area contributed by atoms with E-state index < -0.39 is 18.2 Å². The van der Waals surface area contributed by atoms with Gasteiger partial charge in [0, 0.05) is 6.42 Å². The number of aliphatic hydroxyl groups excluding tert-OH is 2. The minimum Gasteiger partial charge on any atom is -0.462 e. The molecular formula is C54H91NO5. The summed E-state index contributed by atoms with van der Waals surface area (Å²) < 4.78 is 5.85. The predicted molar refractivity (Wildman–Crippen MR) is 259 cm³/mol. The summed E-state index contributed by atoms with van der Waals surface area (Å²) in [4.78, 5) is 26.0. The van der Waals surface area contributed by atoms with Crippen LogP contribution in [0, 0.1) is 0 Å². The number of carbonyl (C=O) groups is 2. The zero-order chi connectivity index (χ0) is 43.8.